The van der Waals surface area contributed by atoms with Crippen molar-refractivity contribution in [2.75, 3.05) is 29.5 Å². The van der Waals surface area contributed by atoms with Crippen LogP contribution in [0.3, 0.4) is 0 Å². The molecule has 1 heterocycles. The van der Waals surface area contributed by atoms with E-state index >= 15 is 0 Å². The van der Waals surface area contributed by atoms with Crippen LogP contribution in [0.4, 0.5) is 5.69 Å². The summed E-state index contributed by atoms with van der Waals surface area (Å²) in [6.07, 6.45) is 4.83. The van der Waals surface area contributed by atoms with Crippen molar-refractivity contribution < 1.29 is 13.2 Å². The predicted molar refractivity (Wildman–Crippen MR) is 110 cm³/mol. The molecule has 0 spiro atoms. The summed E-state index contributed by atoms with van der Waals surface area (Å²) in [5.74, 6) is 0.416. The highest BCUT2D eigenvalue weighted by Crippen LogP contribution is 2.30. The highest BCUT2D eigenvalue weighted by atomic mass is 32.2. The van der Waals surface area contributed by atoms with Gasteiger partial charge in [0.25, 0.3) is 0 Å². The van der Waals surface area contributed by atoms with Crippen LogP contribution in [0, 0.1) is 13.8 Å². The van der Waals surface area contributed by atoms with Crippen molar-refractivity contribution in [3.8, 4) is 0 Å². The number of sulfone groups is 1. The summed E-state index contributed by atoms with van der Waals surface area (Å²) in [5.41, 5.74) is 3.46. The van der Waals surface area contributed by atoms with Gasteiger partial charge in [-0.1, -0.05) is 30.5 Å². The lowest BCUT2D eigenvalue weighted by molar-refractivity contribution is -0.134. The van der Waals surface area contributed by atoms with Crippen molar-refractivity contribution in [1.82, 2.24) is 4.90 Å². The van der Waals surface area contributed by atoms with Gasteiger partial charge in [0.1, 0.15) is 0 Å². The Bertz CT molecular complexity index is 785. The molecule has 150 valence electrons. The van der Waals surface area contributed by atoms with Crippen LogP contribution in [0.15, 0.2) is 18.2 Å². The Labute approximate surface area is 163 Å². The van der Waals surface area contributed by atoms with E-state index in [9.17, 15) is 13.2 Å². The van der Waals surface area contributed by atoms with Gasteiger partial charge in [-0.2, -0.15) is 0 Å². The predicted octanol–water partition coefficient (Wildman–Crippen LogP) is 3.09. The standard InChI is InChI=1S/C21H32N2O3S/c1-4-22(20-10-9-16(2)13-17(20)3)14-21(24)23(18-7-5-6-8-18)19-11-12-27(25,26)15-19/h9-10,13,18-19H,4-8,11-12,14-15H2,1-3H3. The van der Waals surface area contributed by atoms with Gasteiger partial charge in [0, 0.05) is 24.3 Å². The van der Waals surface area contributed by atoms with Crippen LogP contribution in [0.1, 0.15) is 50.2 Å². The Morgan fingerprint density at radius 3 is 2.37 bits per heavy atom. The molecule has 1 aliphatic carbocycles. The number of aryl methyl sites for hydroxylation is 2. The molecule has 1 saturated carbocycles. The lowest BCUT2D eigenvalue weighted by Crippen LogP contribution is -2.50. The number of amides is 1. The topological polar surface area (TPSA) is 57.7 Å². The van der Waals surface area contributed by atoms with Crippen LogP contribution in [-0.2, 0) is 14.6 Å². The zero-order valence-corrected chi connectivity index (χ0v) is 17.6. The first-order valence-corrected chi connectivity index (χ1v) is 12.0. The number of benzene rings is 1. The molecule has 1 aliphatic heterocycles. The molecule has 0 radical (unpaired) electrons. The molecule has 0 N–H and O–H groups in total. The Morgan fingerprint density at radius 1 is 1.11 bits per heavy atom. The molecule has 6 heteroatoms. The molecule has 1 aromatic carbocycles. The third-order valence-corrected chi connectivity index (χ3v) is 7.76. The molecular formula is C21H32N2O3S. The number of carbonyl (C=O) groups is 1. The fourth-order valence-electron chi connectivity index (χ4n) is 4.66. The second-order valence-electron chi connectivity index (χ2n) is 8.10. The molecule has 2 aliphatic rings. The molecular weight excluding hydrogens is 360 g/mol. The summed E-state index contributed by atoms with van der Waals surface area (Å²) >= 11 is 0. The Balaban J connectivity index is 1.80. The second-order valence-corrected chi connectivity index (χ2v) is 10.3. The zero-order chi connectivity index (χ0) is 19.6. The SMILES string of the molecule is CCN(CC(=O)N(C1CCCC1)C1CCS(=O)(=O)C1)c1ccc(C)cc1C. The van der Waals surface area contributed by atoms with Gasteiger partial charge in [-0.3, -0.25) is 4.79 Å². The number of hydrogen-bond donors (Lipinski definition) is 0. The maximum Gasteiger partial charge on any atom is 0.242 e. The van der Waals surface area contributed by atoms with Crippen LogP contribution >= 0.6 is 0 Å². The number of hydrogen-bond acceptors (Lipinski definition) is 4. The first-order chi connectivity index (χ1) is 12.8. The van der Waals surface area contributed by atoms with E-state index in [-0.39, 0.29) is 29.5 Å². The summed E-state index contributed by atoms with van der Waals surface area (Å²) in [4.78, 5) is 17.4. The molecule has 3 rings (SSSR count). The number of rotatable bonds is 6. The maximum atomic E-state index is 13.3. The van der Waals surface area contributed by atoms with Crippen molar-refractivity contribution in [3.63, 3.8) is 0 Å². The van der Waals surface area contributed by atoms with Crippen molar-refractivity contribution in [2.24, 2.45) is 0 Å². The van der Waals surface area contributed by atoms with Crippen molar-refractivity contribution >= 4 is 21.4 Å². The fourth-order valence-corrected chi connectivity index (χ4v) is 6.37. The first kappa shape index (κ1) is 20.2. The van der Waals surface area contributed by atoms with Crippen LogP contribution in [0.25, 0.3) is 0 Å². The molecule has 1 atom stereocenters. The molecule has 27 heavy (non-hydrogen) atoms. The molecule has 0 aromatic heterocycles. The van der Waals surface area contributed by atoms with Gasteiger partial charge in [0.05, 0.1) is 18.1 Å². The van der Waals surface area contributed by atoms with Gasteiger partial charge >= 0.3 is 0 Å². The van der Waals surface area contributed by atoms with Gasteiger partial charge in [-0.05, 0) is 51.7 Å². The zero-order valence-electron chi connectivity index (χ0n) is 16.8. The highest BCUT2D eigenvalue weighted by molar-refractivity contribution is 7.91. The number of anilines is 1. The number of likely N-dealkylation sites (N-methyl/N-ethyl adjacent to an activating group) is 1. The molecule has 0 bridgehead atoms. The Kier molecular flexibility index (Phi) is 6.14. The van der Waals surface area contributed by atoms with Gasteiger partial charge < -0.3 is 9.80 Å². The maximum absolute atomic E-state index is 13.3. The highest BCUT2D eigenvalue weighted by Gasteiger charge is 2.39. The largest absolute Gasteiger partial charge is 0.362 e. The normalized spacial score (nSPS) is 22.1. The van der Waals surface area contributed by atoms with Crippen LogP contribution < -0.4 is 4.90 Å². The van der Waals surface area contributed by atoms with Crippen LogP contribution in [0.5, 0.6) is 0 Å². The van der Waals surface area contributed by atoms with Gasteiger partial charge in [-0.25, -0.2) is 8.42 Å². The van der Waals surface area contributed by atoms with Gasteiger partial charge in [0.2, 0.25) is 5.91 Å². The van der Waals surface area contributed by atoms with E-state index in [4.69, 9.17) is 0 Å². The Morgan fingerprint density at radius 2 is 1.81 bits per heavy atom. The molecule has 1 unspecified atom stereocenters. The lowest BCUT2D eigenvalue weighted by atomic mass is 10.1. The number of nitrogens with zero attached hydrogens (tertiary/aromatic N) is 2. The smallest absolute Gasteiger partial charge is 0.242 e. The van der Waals surface area contributed by atoms with Crippen LogP contribution in [-0.4, -0.2) is 55.9 Å². The monoisotopic (exact) mass is 392 g/mol. The van der Waals surface area contributed by atoms with Crippen molar-refractivity contribution in [1.29, 1.82) is 0 Å². The van der Waals surface area contributed by atoms with Gasteiger partial charge in [-0.15, -0.1) is 0 Å². The fraction of sp³-hybridized carbons (Fsp3) is 0.667. The summed E-state index contributed by atoms with van der Waals surface area (Å²) < 4.78 is 24.0. The van der Waals surface area contributed by atoms with E-state index in [0.717, 1.165) is 37.9 Å². The van der Waals surface area contributed by atoms with E-state index < -0.39 is 9.84 Å². The quantitative estimate of drug-likeness (QED) is 0.746. The van der Waals surface area contributed by atoms with E-state index in [0.29, 0.717) is 13.0 Å². The second kappa shape index (κ2) is 8.21. The van der Waals surface area contributed by atoms with Crippen molar-refractivity contribution in [3.05, 3.63) is 29.3 Å². The average molecular weight is 393 g/mol. The summed E-state index contributed by atoms with van der Waals surface area (Å²) in [6.45, 7) is 7.27. The minimum absolute atomic E-state index is 0.0748. The van der Waals surface area contributed by atoms with Gasteiger partial charge in [0.15, 0.2) is 9.84 Å². The third kappa shape index (κ3) is 4.65. The number of carbonyl (C=O) groups excluding carboxylic acids is 1. The third-order valence-electron chi connectivity index (χ3n) is 6.01. The van der Waals surface area contributed by atoms with E-state index in [1.165, 1.54) is 11.1 Å². The molecule has 2 fully saturated rings. The van der Waals surface area contributed by atoms with Crippen molar-refractivity contribution in [2.45, 2.75) is 65.0 Å². The minimum Gasteiger partial charge on any atom is -0.362 e. The first-order valence-electron chi connectivity index (χ1n) is 10.1. The minimum atomic E-state index is -3.01. The molecule has 1 aromatic rings. The lowest BCUT2D eigenvalue weighted by Gasteiger charge is -2.36. The average Bonchev–Trinajstić information content (AvgIpc) is 3.23. The van der Waals surface area contributed by atoms with E-state index in [1.807, 2.05) is 4.90 Å². The Hall–Kier alpha value is -1.56. The summed E-state index contributed by atoms with van der Waals surface area (Å²) in [6, 6.07) is 6.35. The van der Waals surface area contributed by atoms with E-state index in [2.05, 4.69) is 43.9 Å². The molecule has 1 saturated heterocycles. The van der Waals surface area contributed by atoms with E-state index in [1.54, 1.807) is 0 Å². The van der Waals surface area contributed by atoms with Crippen LogP contribution in [0.2, 0.25) is 0 Å². The molecule has 1 amide bonds. The summed E-state index contributed by atoms with van der Waals surface area (Å²) in [5, 5.41) is 0. The molecule has 5 nitrogen and oxygen atoms in total. The summed E-state index contributed by atoms with van der Waals surface area (Å²) in [7, 11) is -3.01.